The van der Waals surface area contributed by atoms with Crippen LogP contribution < -0.4 is 5.56 Å². The van der Waals surface area contributed by atoms with Crippen LogP contribution in [0, 0.1) is 12.8 Å². The Labute approximate surface area is 96.7 Å². The van der Waals surface area contributed by atoms with Crippen molar-refractivity contribution in [2.75, 3.05) is 5.75 Å². The topological polar surface area (TPSA) is 22.0 Å². The van der Waals surface area contributed by atoms with Crippen molar-refractivity contribution in [1.29, 1.82) is 0 Å². The lowest BCUT2D eigenvalue weighted by atomic mass is 10.1. The second kappa shape index (κ2) is 6.01. The van der Waals surface area contributed by atoms with Gasteiger partial charge in [-0.2, -0.15) is 12.6 Å². The summed E-state index contributed by atoms with van der Waals surface area (Å²) in [6.45, 7) is 4.93. The predicted octanol–water partition coefficient (Wildman–Crippen LogP) is 2.50. The molecular weight excluding hydrogens is 206 g/mol. The number of rotatable bonds is 5. The summed E-state index contributed by atoms with van der Waals surface area (Å²) in [6.07, 6.45) is 2.27. The molecule has 2 nitrogen and oxygen atoms in total. The first kappa shape index (κ1) is 12.4. The largest absolute Gasteiger partial charge is 0.313 e. The molecule has 0 aliphatic rings. The zero-order valence-corrected chi connectivity index (χ0v) is 10.3. The Morgan fingerprint density at radius 2 is 2.20 bits per heavy atom. The van der Waals surface area contributed by atoms with E-state index in [1.54, 1.807) is 6.07 Å². The van der Waals surface area contributed by atoms with Crippen molar-refractivity contribution < 1.29 is 0 Å². The number of pyridine rings is 1. The van der Waals surface area contributed by atoms with Crippen LogP contribution in [0.25, 0.3) is 0 Å². The molecule has 0 radical (unpaired) electrons. The minimum atomic E-state index is 0.0953. The highest BCUT2D eigenvalue weighted by atomic mass is 32.1. The molecule has 1 aromatic rings. The van der Waals surface area contributed by atoms with E-state index < -0.39 is 0 Å². The minimum absolute atomic E-state index is 0.0953. The summed E-state index contributed by atoms with van der Waals surface area (Å²) in [4.78, 5) is 11.6. The molecule has 3 heteroatoms. The lowest BCUT2D eigenvalue weighted by Gasteiger charge is -2.16. The monoisotopic (exact) mass is 225 g/mol. The van der Waals surface area contributed by atoms with Gasteiger partial charge in [-0.15, -0.1) is 0 Å². The van der Waals surface area contributed by atoms with Crippen LogP contribution in [-0.2, 0) is 6.54 Å². The number of aryl methyl sites for hydroxylation is 1. The lowest BCUT2D eigenvalue weighted by molar-refractivity contribution is 0.440. The van der Waals surface area contributed by atoms with Gasteiger partial charge in [-0.3, -0.25) is 4.79 Å². The number of nitrogens with zero attached hydrogens (tertiary/aromatic N) is 1. The molecule has 0 aliphatic heterocycles. The fourth-order valence-corrected chi connectivity index (χ4v) is 2.06. The van der Waals surface area contributed by atoms with E-state index in [0.29, 0.717) is 5.92 Å². The molecule has 1 heterocycles. The molecule has 15 heavy (non-hydrogen) atoms. The van der Waals surface area contributed by atoms with Crippen LogP contribution in [0.5, 0.6) is 0 Å². The Bertz CT molecular complexity index is 359. The fraction of sp³-hybridized carbons (Fsp3) is 0.583. The SMILES string of the molecule is CCCC(CS)Cn1c(C)cccc1=O. The molecule has 1 rings (SSSR count). The molecule has 0 amide bonds. The maximum atomic E-state index is 11.6. The maximum Gasteiger partial charge on any atom is 0.250 e. The van der Waals surface area contributed by atoms with Crippen molar-refractivity contribution in [2.24, 2.45) is 5.92 Å². The molecule has 0 saturated heterocycles. The number of thiol groups is 1. The van der Waals surface area contributed by atoms with Crippen molar-refractivity contribution in [1.82, 2.24) is 4.57 Å². The van der Waals surface area contributed by atoms with Crippen LogP contribution in [0.2, 0.25) is 0 Å². The van der Waals surface area contributed by atoms with Gasteiger partial charge in [0.2, 0.25) is 0 Å². The summed E-state index contributed by atoms with van der Waals surface area (Å²) >= 11 is 4.33. The van der Waals surface area contributed by atoms with E-state index in [4.69, 9.17) is 0 Å². The average Bonchev–Trinajstić information content (AvgIpc) is 2.22. The van der Waals surface area contributed by atoms with Crippen LogP contribution in [0.1, 0.15) is 25.5 Å². The first-order valence-electron chi connectivity index (χ1n) is 5.46. The Morgan fingerprint density at radius 3 is 2.73 bits per heavy atom. The van der Waals surface area contributed by atoms with Crippen molar-refractivity contribution in [2.45, 2.75) is 33.2 Å². The number of aromatic nitrogens is 1. The van der Waals surface area contributed by atoms with Gasteiger partial charge in [0.25, 0.3) is 5.56 Å². The van der Waals surface area contributed by atoms with E-state index in [2.05, 4.69) is 19.6 Å². The summed E-state index contributed by atoms with van der Waals surface area (Å²) in [5, 5.41) is 0. The molecule has 84 valence electrons. The summed E-state index contributed by atoms with van der Waals surface area (Å²) < 4.78 is 1.84. The van der Waals surface area contributed by atoms with Gasteiger partial charge >= 0.3 is 0 Å². The normalized spacial score (nSPS) is 12.7. The molecule has 0 bridgehead atoms. The van der Waals surface area contributed by atoms with E-state index in [1.165, 1.54) is 0 Å². The first-order valence-corrected chi connectivity index (χ1v) is 6.09. The van der Waals surface area contributed by atoms with Gasteiger partial charge in [-0.1, -0.05) is 19.4 Å². The van der Waals surface area contributed by atoms with Crippen LogP contribution in [-0.4, -0.2) is 10.3 Å². The van der Waals surface area contributed by atoms with Crippen LogP contribution in [0.15, 0.2) is 23.0 Å². The highest BCUT2D eigenvalue weighted by Gasteiger charge is 2.08. The van der Waals surface area contributed by atoms with Gasteiger partial charge in [0.1, 0.15) is 0 Å². The molecule has 1 unspecified atom stereocenters. The maximum absolute atomic E-state index is 11.6. The molecule has 0 fully saturated rings. The van der Waals surface area contributed by atoms with Gasteiger partial charge in [0, 0.05) is 18.3 Å². The summed E-state index contributed by atoms with van der Waals surface area (Å²) in [5.41, 5.74) is 1.13. The molecule has 0 aromatic carbocycles. The smallest absolute Gasteiger partial charge is 0.250 e. The third kappa shape index (κ3) is 3.42. The second-order valence-corrected chi connectivity index (χ2v) is 4.32. The minimum Gasteiger partial charge on any atom is -0.313 e. The fourth-order valence-electron chi connectivity index (χ4n) is 1.76. The van der Waals surface area contributed by atoms with Gasteiger partial charge in [-0.25, -0.2) is 0 Å². The molecule has 0 spiro atoms. The van der Waals surface area contributed by atoms with Gasteiger partial charge < -0.3 is 4.57 Å². The molecule has 0 aliphatic carbocycles. The molecular formula is C12H19NOS. The zero-order valence-electron chi connectivity index (χ0n) is 9.44. The van der Waals surface area contributed by atoms with E-state index in [-0.39, 0.29) is 5.56 Å². The third-order valence-corrected chi connectivity index (χ3v) is 3.18. The van der Waals surface area contributed by atoms with Gasteiger partial charge in [-0.05, 0) is 31.1 Å². The summed E-state index contributed by atoms with van der Waals surface area (Å²) in [6, 6.07) is 5.40. The van der Waals surface area contributed by atoms with Crippen LogP contribution in [0.4, 0.5) is 0 Å². The van der Waals surface area contributed by atoms with Crippen molar-refractivity contribution in [3.8, 4) is 0 Å². The summed E-state index contributed by atoms with van der Waals surface area (Å²) in [7, 11) is 0. The van der Waals surface area contributed by atoms with Crippen molar-refractivity contribution in [3.63, 3.8) is 0 Å². The highest BCUT2D eigenvalue weighted by Crippen LogP contribution is 2.11. The van der Waals surface area contributed by atoms with Crippen molar-refractivity contribution in [3.05, 3.63) is 34.2 Å². The molecule has 0 N–H and O–H groups in total. The van der Waals surface area contributed by atoms with E-state index in [0.717, 1.165) is 30.8 Å². The van der Waals surface area contributed by atoms with E-state index in [9.17, 15) is 4.79 Å². The molecule has 1 aromatic heterocycles. The van der Waals surface area contributed by atoms with Crippen LogP contribution in [0.3, 0.4) is 0 Å². The van der Waals surface area contributed by atoms with Gasteiger partial charge in [0.15, 0.2) is 0 Å². The molecule has 0 saturated carbocycles. The number of hydrogen-bond donors (Lipinski definition) is 1. The Kier molecular flexibility index (Phi) is 4.95. The Balaban J connectivity index is 2.83. The lowest BCUT2D eigenvalue weighted by Crippen LogP contribution is -2.25. The third-order valence-electron chi connectivity index (χ3n) is 2.66. The van der Waals surface area contributed by atoms with E-state index in [1.807, 2.05) is 23.6 Å². The second-order valence-electron chi connectivity index (χ2n) is 3.95. The average molecular weight is 225 g/mol. The first-order chi connectivity index (χ1) is 7.19. The standard InChI is InChI=1S/C12H19NOS/c1-3-5-11(9-15)8-13-10(2)6-4-7-12(13)14/h4,6-7,11,15H,3,5,8-9H2,1-2H3. The quantitative estimate of drug-likeness (QED) is 0.764. The highest BCUT2D eigenvalue weighted by molar-refractivity contribution is 7.80. The van der Waals surface area contributed by atoms with E-state index >= 15 is 0 Å². The number of hydrogen-bond acceptors (Lipinski definition) is 2. The molecule has 1 atom stereocenters. The summed E-state index contributed by atoms with van der Waals surface area (Å²) in [5.74, 6) is 1.34. The van der Waals surface area contributed by atoms with Gasteiger partial charge in [0.05, 0.1) is 0 Å². The van der Waals surface area contributed by atoms with Crippen molar-refractivity contribution >= 4 is 12.6 Å². The predicted molar refractivity (Wildman–Crippen MR) is 67.7 cm³/mol. The Morgan fingerprint density at radius 1 is 1.47 bits per heavy atom. The Hall–Kier alpha value is -0.700. The van der Waals surface area contributed by atoms with Crippen LogP contribution >= 0.6 is 12.6 Å². The zero-order chi connectivity index (χ0) is 11.3.